The maximum atomic E-state index is 12.3. The summed E-state index contributed by atoms with van der Waals surface area (Å²) in [7, 11) is 1.72. The summed E-state index contributed by atoms with van der Waals surface area (Å²) < 4.78 is 5.24. The minimum Gasteiger partial charge on any atom is -0.337 e. The van der Waals surface area contributed by atoms with E-state index in [1.807, 2.05) is 36.4 Å². The molecule has 0 aliphatic heterocycles. The van der Waals surface area contributed by atoms with Crippen molar-refractivity contribution in [2.45, 2.75) is 19.4 Å². The van der Waals surface area contributed by atoms with Crippen molar-refractivity contribution in [1.29, 1.82) is 0 Å². The fourth-order valence-corrected chi connectivity index (χ4v) is 2.67. The number of aromatic nitrogens is 2. The quantitative estimate of drug-likeness (QED) is 0.616. The van der Waals surface area contributed by atoms with E-state index in [-0.39, 0.29) is 12.5 Å². The van der Waals surface area contributed by atoms with Crippen LogP contribution in [0.15, 0.2) is 53.1 Å². The molecule has 1 amide bonds. The molecule has 0 bridgehead atoms. The van der Waals surface area contributed by atoms with Gasteiger partial charge in [0.25, 0.3) is 0 Å². The third kappa shape index (κ3) is 4.84. The molecule has 1 aromatic heterocycles. The summed E-state index contributed by atoms with van der Waals surface area (Å²) in [5.74, 6) is 0.863. The standard InChI is InChI=1S/C19H17Cl2N3O2/c1-24(18(25)11-4-13-2-7-15(20)8-3-13)12-17-22-19(23-26-17)14-5-9-16(21)10-6-14/h2-3,5-10H,4,11-12H2,1H3. The lowest BCUT2D eigenvalue weighted by molar-refractivity contribution is -0.130. The van der Waals surface area contributed by atoms with Gasteiger partial charge >= 0.3 is 0 Å². The topological polar surface area (TPSA) is 59.2 Å². The van der Waals surface area contributed by atoms with E-state index in [0.29, 0.717) is 34.6 Å². The Bertz CT molecular complexity index is 877. The van der Waals surface area contributed by atoms with Gasteiger partial charge in [-0.2, -0.15) is 4.98 Å². The van der Waals surface area contributed by atoms with Crippen molar-refractivity contribution < 1.29 is 9.32 Å². The molecule has 0 radical (unpaired) electrons. The highest BCUT2D eigenvalue weighted by molar-refractivity contribution is 6.30. The van der Waals surface area contributed by atoms with Crippen LogP contribution in [0, 0.1) is 0 Å². The van der Waals surface area contributed by atoms with Crippen LogP contribution in [0.5, 0.6) is 0 Å². The Kier molecular flexibility index (Phi) is 5.91. The molecule has 7 heteroatoms. The second-order valence-electron chi connectivity index (χ2n) is 5.89. The first-order chi connectivity index (χ1) is 12.5. The molecule has 26 heavy (non-hydrogen) atoms. The first kappa shape index (κ1) is 18.4. The molecule has 0 unspecified atom stereocenters. The molecule has 3 aromatic rings. The molecule has 134 valence electrons. The zero-order valence-corrected chi connectivity index (χ0v) is 15.7. The molecule has 3 rings (SSSR count). The Labute approximate surface area is 161 Å². The number of hydrogen-bond acceptors (Lipinski definition) is 4. The van der Waals surface area contributed by atoms with Crippen molar-refractivity contribution >= 4 is 29.1 Å². The van der Waals surface area contributed by atoms with Crippen LogP contribution in [0.2, 0.25) is 10.0 Å². The van der Waals surface area contributed by atoms with E-state index in [1.54, 1.807) is 24.1 Å². The van der Waals surface area contributed by atoms with Crippen molar-refractivity contribution in [2.24, 2.45) is 0 Å². The van der Waals surface area contributed by atoms with Crippen LogP contribution < -0.4 is 0 Å². The third-order valence-corrected chi connectivity index (χ3v) is 4.41. The number of amides is 1. The number of carbonyl (C=O) groups is 1. The molecule has 0 atom stereocenters. The van der Waals surface area contributed by atoms with E-state index in [0.717, 1.165) is 11.1 Å². The molecule has 0 spiro atoms. The Balaban J connectivity index is 1.55. The molecule has 0 N–H and O–H groups in total. The fraction of sp³-hybridized carbons (Fsp3) is 0.211. The number of rotatable bonds is 6. The molecule has 0 saturated carbocycles. The smallest absolute Gasteiger partial charge is 0.246 e. The average molecular weight is 390 g/mol. The minimum atomic E-state index is 0.00573. The Morgan fingerprint density at radius 3 is 2.31 bits per heavy atom. The third-order valence-electron chi connectivity index (χ3n) is 3.91. The molecule has 0 saturated heterocycles. The van der Waals surface area contributed by atoms with Gasteiger partial charge in [-0.3, -0.25) is 4.79 Å². The highest BCUT2D eigenvalue weighted by Crippen LogP contribution is 2.19. The second-order valence-corrected chi connectivity index (χ2v) is 6.77. The number of carbonyl (C=O) groups excluding carboxylic acids is 1. The van der Waals surface area contributed by atoms with Crippen LogP contribution in [0.1, 0.15) is 17.9 Å². The van der Waals surface area contributed by atoms with Gasteiger partial charge in [-0.05, 0) is 48.4 Å². The summed E-state index contributed by atoms with van der Waals surface area (Å²) in [6, 6.07) is 14.6. The summed E-state index contributed by atoms with van der Waals surface area (Å²) in [6.45, 7) is 0.264. The fourth-order valence-electron chi connectivity index (χ4n) is 2.42. The molecule has 1 heterocycles. The normalized spacial score (nSPS) is 10.7. The predicted molar refractivity (Wildman–Crippen MR) is 101 cm³/mol. The average Bonchev–Trinajstić information content (AvgIpc) is 3.10. The van der Waals surface area contributed by atoms with E-state index in [2.05, 4.69) is 10.1 Å². The summed E-state index contributed by atoms with van der Waals surface area (Å²) >= 11 is 11.7. The number of benzene rings is 2. The molecule has 0 aliphatic carbocycles. The van der Waals surface area contributed by atoms with Crippen LogP contribution >= 0.6 is 23.2 Å². The summed E-state index contributed by atoms with van der Waals surface area (Å²) in [5, 5.41) is 5.28. The highest BCUT2D eigenvalue weighted by Gasteiger charge is 2.14. The Morgan fingerprint density at radius 2 is 1.65 bits per heavy atom. The minimum absolute atomic E-state index is 0.00573. The molecule has 2 aromatic carbocycles. The highest BCUT2D eigenvalue weighted by atomic mass is 35.5. The van der Waals surface area contributed by atoms with Gasteiger partial charge in [0.05, 0.1) is 6.54 Å². The van der Waals surface area contributed by atoms with Gasteiger partial charge in [0.1, 0.15) is 0 Å². The summed E-state index contributed by atoms with van der Waals surface area (Å²) in [6.07, 6.45) is 1.05. The van der Waals surface area contributed by atoms with Crippen molar-refractivity contribution in [3.05, 3.63) is 70.0 Å². The molecule has 0 aliphatic rings. The monoisotopic (exact) mass is 389 g/mol. The van der Waals surface area contributed by atoms with Gasteiger partial charge in [0.2, 0.25) is 17.6 Å². The van der Waals surface area contributed by atoms with E-state index in [9.17, 15) is 4.79 Å². The summed E-state index contributed by atoms with van der Waals surface area (Å²) in [4.78, 5) is 18.2. The van der Waals surface area contributed by atoms with Crippen LogP contribution in [0.25, 0.3) is 11.4 Å². The van der Waals surface area contributed by atoms with Crippen molar-refractivity contribution in [1.82, 2.24) is 15.0 Å². The zero-order valence-electron chi connectivity index (χ0n) is 14.2. The predicted octanol–water partition coefficient (Wildman–Crippen LogP) is 4.63. The second kappa shape index (κ2) is 8.34. The lowest BCUT2D eigenvalue weighted by atomic mass is 10.1. The molecular weight excluding hydrogens is 373 g/mol. The van der Waals surface area contributed by atoms with Crippen molar-refractivity contribution in [3.63, 3.8) is 0 Å². The SMILES string of the molecule is CN(Cc1nc(-c2ccc(Cl)cc2)no1)C(=O)CCc1ccc(Cl)cc1. The summed E-state index contributed by atoms with van der Waals surface area (Å²) in [5.41, 5.74) is 1.88. The molecular formula is C19H17Cl2N3O2. The number of halogens is 2. The Morgan fingerprint density at radius 1 is 1.04 bits per heavy atom. The largest absolute Gasteiger partial charge is 0.337 e. The Hall–Kier alpha value is -2.37. The van der Waals surface area contributed by atoms with Crippen molar-refractivity contribution in [2.75, 3.05) is 7.05 Å². The van der Waals surface area contributed by atoms with Crippen LogP contribution in [0.4, 0.5) is 0 Å². The van der Waals surface area contributed by atoms with Crippen LogP contribution in [-0.4, -0.2) is 28.0 Å². The lowest BCUT2D eigenvalue weighted by Gasteiger charge is -2.14. The maximum absolute atomic E-state index is 12.3. The number of nitrogens with zero attached hydrogens (tertiary/aromatic N) is 3. The van der Waals surface area contributed by atoms with Crippen LogP contribution in [0.3, 0.4) is 0 Å². The van der Waals surface area contributed by atoms with Gasteiger partial charge in [-0.1, -0.05) is 40.5 Å². The van der Waals surface area contributed by atoms with Gasteiger partial charge in [-0.15, -0.1) is 0 Å². The number of hydrogen-bond donors (Lipinski definition) is 0. The van der Waals surface area contributed by atoms with E-state index in [4.69, 9.17) is 27.7 Å². The first-order valence-corrected chi connectivity index (χ1v) is 8.84. The van der Waals surface area contributed by atoms with E-state index >= 15 is 0 Å². The zero-order chi connectivity index (χ0) is 18.5. The van der Waals surface area contributed by atoms with E-state index < -0.39 is 0 Å². The van der Waals surface area contributed by atoms with Gasteiger partial charge in [0.15, 0.2) is 0 Å². The van der Waals surface area contributed by atoms with Crippen LogP contribution in [-0.2, 0) is 17.8 Å². The van der Waals surface area contributed by atoms with Gasteiger partial charge < -0.3 is 9.42 Å². The lowest BCUT2D eigenvalue weighted by Crippen LogP contribution is -2.26. The van der Waals surface area contributed by atoms with Gasteiger partial charge in [-0.25, -0.2) is 0 Å². The van der Waals surface area contributed by atoms with E-state index in [1.165, 1.54) is 0 Å². The number of aryl methyl sites for hydroxylation is 1. The maximum Gasteiger partial charge on any atom is 0.246 e. The van der Waals surface area contributed by atoms with Crippen molar-refractivity contribution in [3.8, 4) is 11.4 Å². The van der Waals surface area contributed by atoms with Gasteiger partial charge in [0, 0.05) is 29.1 Å². The first-order valence-electron chi connectivity index (χ1n) is 8.08. The molecule has 0 fully saturated rings. The molecule has 5 nitrogen and oxygen atoms in total.